The first kappa shape index (κ1) is 13.7. The van der Waals surface area contributed by atoms with Crippen molar-refractivity contribution in [2.24, 2.45) is 0 Å². The number of hydrogen-bond donors (Lipinski definition) is 1. The number of nitrogens with two attached hydrogens (primary N) is 1. The molecule has 0 aliphatic rings. The molecule has 0 heterocycles. The van der Waals surface area contributed by atoms with Crippen molar-refractivity contribution >= 4 is 16.5 Å². The zero-order valence-corrected chi connectivity index (χ0v) is 11.8. The van der Waals surface area contributed by atoms with Crippen molar-refractivity contribution in [3.63, 3.8) is 0 Å². The first-order chi connectivity index (χ1) is 8.99. The van der Waals surface area contributed by atoms with Gasteiger partial charge in [-0.1, -0.05) is 24.3 Å². The fraction of sp³-hybridized carbons (Fsp3) is 0.200. The summed E-state index contributed by atoms with van der Waals surface area (Å²) in [5, 5.41) is 0. The summed E-state index contributed by atoms with van der Waals surface area (Å²) in [6.45, 7) is 3.85. The number of benzene rings is 2. The molecule has 0 saturated carbocycles. The molecule has 0 bridgehead atoms. The van der Waals surface area contributed by atoms with E-state index < -0.39 is 16.6 Å². The molecule has 1 unspecified atom stereocenters. The van der Waals surface area contributed by atoms with E-state index in [9.17, 15) is 8.60 Å². The molecule has 2 aromatic rings. The van der Waals surface area contributed by atoms with Crippen molar-refractivity contribution in [2.75, 3.05) is 5.73 Å². The van der Waals surface area contributed by atoms with Gasteiger partial charge in [0, 0.05) is 10.5 Å². The number of anilines is 1. The van der Waals surface area contributed by atoms with E-state index >= 15 is 0 Å². The molecule has 19 heavy (non-hydrogen) atoms. The zero-order chi connectivity index (χ0) is 14.0. The van der Waals surface area contributed by atoms with Crippen LogP contribution in [0.5, 0.6) is 0 Å². The number of nitrogen functional groups attached to an aromatic ring is 1. The summed E-state index contributed by atoms with van der Waals surface area (Å²) in [5.74, 6) is -0.331. The van der Waals surface area contributed by atoms with E-state index in [0.29, 0.717) is 5.56 Å². The molecular formula is C15H16FNOS. The maximum Gasteiger partial charge on any atom is 0.150 e. The second-order valence-electron chi connectivity index (χ2n) is 4.58. The molecule has 0 amide bonds. The van der Waals surface area contributed by atoms with Crippen LogP contribution in [-0.4, -0.2) is 4.21 Å². The van der Waals surface area contributed by atoms with E-state index in [4.69, 9.17) is 5.73 Å². The van der Waals surface area contributed by atoms with Crippen molar-refractivity contribution in [3.05, 3.63) is 58.9 Å². The fourth-order valence-corrected chi connectivity index (χ4v) is 3.29. The van der Waals surface area contributed by atoms with E-state index in [0.717, 1.165) is 16.0 Å². The molecule has 2 N–H and O–H groups in total. The summed E-state index contributed by atoms with van der Waals surface area (Å²) in [6, 6.07) is 10.6. The molecule has 0 spiro atoms. The Labute approximate surface area is 114 Å². The Balaban J connectivity index is 2.31. The molecule has 0 aliphatic carbocycles. The molecule has 0 aromatic heterocycles. The SMILES string of the molecule is Cc1ccc(C)c(S(=O)Cc2cccc(N)c2F)c1. The topological polar surface area (TPSA) is 43.1 Å². The lowest BCUT2D eigenvalue weighted by molar-refractivity contribution is 0.620. The van der Waals surface area contributed by atoms with Crippen molar-refractivity contribution in [1.29, 1.82) is 0 Å². The highest BCUT2D eigenvalue weighted by molar-refractivity contribution is 7.84. The van der Waals surface area contributed by atoms with Crippen LogP contribution in [0.1, 0.15) is 16.7 Å². The summed E-state index contributed by atoms with van der Waals surface area (Å²) in [4.78, 5) is 0.752. The summed E-state index contributed by atoms with van der Waals surface area (Å²) in [6.07, 6.45) is 0. The van der Waals surface area contributed by atoms with E-state index in [1.807, 2.05) is 32.0 Å². The van der Waals surface area contributed by atoms with Crippen LogP contribution < -0.4 is 5.73 Å². The number of rotatable bonds is 3. The third-order valence-corrected chi connectivity index (χ3v) is 4.49. The van der Waals surface area contributed by atoms with E-state index in [1.165, 1.54) is 6.07 Å². The maximum atomic E-state index is 13.8. The number of aryl methyl sites for hydroxylation is 2. The highest BCUT2D eigenvalue weighted by atomic mass is 32.2. The molecular weight excluding hydrogens is 261 g/mol. The van der Waals surface area contributed by atoms with Crippen molar-refractivity contribution < 1.29 is 8.60 Å². The predicted octanol–water partition coefficient (Wildman–Crippen LogP) is 3.33. The summed E-state index contributed by atoms with van der Waals surface area (Å²) in [7, 11) is -1.27. The van der Waals surface area contributed by atoms with Crippen LogP contribution in [0.25, 0.3) is 0 Å². The van der Waals surface area contributed by atoms with Crippen molar-refractivity contribution in [3.8, 4) is 0 Å². The highest BCUT2D eigenvalue weighted by Crippen LogP contribution is 2.21. The van der Waals surface area contributed by atoms with Gasteiger partial charge < -0.3 is 5.73 Å². The second-order valence-corrected chi connectivity index (χ2v) is 6.00. The minimum atomic E-state index is -1.27. The van der Waals surface area contributed by atoms with Gasteiger partial charge in [-0.25, -0.2) is 4.39 Å². The second kappa shape index (κ2) is 5.53. The van der Waals surface area contributed by atoms with Crippen molar-refractivity contribution in [2.45, 2.75) is 24.5 Å². The largest absolute Gasteiger partial charge is 0.396 e. The standard InChI is InChI=1S/C15H16FNOS/c1-10-6-7-11(2)14(8-10)19(18)9-12-4-3-5-13(17)15(12)16/h3-8H,9,17H2,1-2H3. The van der Waals surface area contributed by atoms with Gasteiger partial charge in [0.2, 0.25) is 0 Å². The van der Waals surface area contributed by atoms with E-state index in [2.05, 4.69) is 0 Å². The Kier molecular flexibility index (Phi) is 4.00. The zero-order valence-electron chi connectivity index (χ0n) is 10.9. The molecule has 2 aromatic carbocycles. The van der Waals surface area contributed by atoms with Gasteiger partial charge >= 0.3 is 0 Å². The molecule has 0 saturated heterocycles. The molecule has 0 radical (unpaired) electrons. The Hall–Kier alpha value is -1.68. The Morgan fingerprint density at radius 3 is 2.68 bits per heavy atom. The number of hydrogen-bond acceptors (Lipinski definition) is 2. The lowest BCUT2D eigenvalue weighted by Crippen LogP contribution is -2.03. The molecule has 1 atom stereocenters. The normalized spacial score (nSPS) is 12.4. The monoisotopic (exact) mass is 277 g/mol. The van der Waals surface area contributed by atoms with Crippen LogP contribution in [-0.2, 0) is 16.6 Å². The van der Waals surface area contributed by atoms with Crippen molar-refractivity contribution in [1.82, 2.24) is 0 Å². The van der Waals surface area contributed by atoms with Gasteiger partial charge in [0.05, 0.1) is 22.2 Å². The maximum absolute atomic E-state index is 13.8. The summed E-state index contributed by atoms with van der Waals surface area (Å²) in [5.41, 5.74) is 7.99. The van der Waals surface area contributed by atoms with E-state index in [1.54, 1.807) is 12.1 Å². The predicted molar refractivity (Wildman–Crippen MR) is 76.8 cm³/mol. The average Bonchev–Trinajstić information content (AvgIpc) is 2.38. The average molecular weight is 277 g/mol. The van der Waals surface area contributed by atoms with Gasteiger partial charge in [0.1, 0.15) is 5.82 Å². The highest BCUT2D eigenvalue weighted by Gasteiger charge is 2.12. The van der Waals surface area contributed by atoms with E-state index in [-0.39, 0.29) is 11.4 Å². The first-order valence-corrected chi connectivity index (χ1v) is 7.29. The third kappa shape index (κ3) is 3.01. The van der Waals surface area contributed by atoms with Gasteiger partial charge in [-0.05, 0) is 37.1 Å². The molecule has 100 valence electrons. The van der Waals surface area contributed by atoms with Crippen LogP contribution in [0.4, 0.5) is 10.1 Å². The molecule has 4 heteroatoms. The lowest BCUT2D eigenvalue weighted by Gasteiger charge is -2.09. The fourth-order valence-electron chi connectivity index (χ4n) is 1.88. The summed E-state index contributed by atoms with van der Waals surface area (Å²) < 4.78 is 26.2. The summed E-state index contributed by atoms with van der Waals surface area (Å²) >= 11 is 0. The van der Waals surface area contributed by atoms with Gasteiger partial charge in [-0.3, -0.25) is 4.21 Å². The van der Waals surface area contributed by atoms with Crippen LogP contribution in [0.2, 0.25) is 0 Å². The Morgan fingerprint density at radius 2 is 1.95 bits per heavy atom. The van der Waals surface area contributed by atoms with Crippen LogP contribution in [0, 0.1) is 19.7 Å². The van der Waals surface area contributed by atoms with Gasteiger partial charge in [0.15, 0.2) is 0 Å². The lowest BCUT2D eigenvalue weighted by atomic mass is 10.2. The Morgan fingerprint density at radius 1 is 1.21 bits per heavy atom. The molecule has 2 rings (SSSR count). The molecule has 2 nitrogen and oxygen atoms in total. The third-order valence-electron chi connectivity index (χ3n) is 2.98. The minimum Gasteiger partial charge on any atom is -0.396 e. The minimum absolute atomic E-state index is 0.0930. The van der Waals surface area contributed by atoms with Gasteiger partial charge in [0.25, 0.3) is 0 Å². The van der Waals surface area contributed by atoms with Crippen LogP contribution in [0.15, 0.2) is 41.3 Å². The Bertz CT molecular complexity index is 640. The first-order valence-electron chi connectivity index (χ1n) is 5.97. The van der Waals surface area contributed by atoms with Crippen LogP contribution >= 0.6 is 0 Å². The van der Waals surface area contributed by atoms with Gasteiger partial charge in [-0.2, -0.15) is 0 Å². The molecule has 0 fully saturated rings. The quantitative estimate of drug-likeness (QED) is 0.874. The number of halogens is 1. The smallest absolute Gasteiger partial charge is 0.150 e. The van der Waals surface area contributed by atoms with Crippen LogP contribution in [0.3, 0.4) is 0 Å². The molecule has 0 aliphatic heterocycles. The van der Waals surface area contributed by atoms with Gasteiger partial charge in [-0.15, -0.1) is 0 Å².